The van der Waals surface area contributed by atoms with Gasteiger partial charge in [-0.3, -0.25) is 0 Å². The Morgan fingerprint density at radius 2 is 2.07 bits per heavy atom. The fourth-order valence-electron chi connectivity index (χ4n) is 2.95. The average molecular weight is 314 g/mol. The van der Waals surface area contributed by atoms with Gasteiger partial charge in [-0.25, -0.2) is 0 Å². The molecule has 82 valence electrons. The topological polar surface area (TPSA) is 0 Å². The van der Waals surface area contributed by atoms with Crippen molar-refractivity contribution in [1.29, 1.82) is 0 Å². The summed E-state index contributed by atoms with van der Waals surface area (Å²) in [6, 6.07) is 6.96. The number of aryl methyl sites for hydroxylation is 1. The zero-order valence-corrected chi connectivity index (χ0v) is 11.9. The highest BCUT2D eigenvalue weighted by molar-refractivity contribution is 14.1. The second-order valence-electron chi connectivity index (χ2n) is 5.08. The molecule has 1 aliphatic rings. The van der Waals surface area contributed by atoms with Gasteiger partial charge in [-0.15, -0.1) is 0 Å². The van der Waals surface area contributed by atoms with Crippen LogP contribution in [0.25, 0.3) is 0 Å². The van der Waals surface area contributed by atoms with E-state index in [1.807, 2.05) is 0 Å². The molecule has 2 rings (SSSR count). The SMILES string of the molecule is CC(C)C1CCc2cc(I)ccc2C1C. The van der Waals surface area contributed by atoms with Gasteiger partial charge in [-0.2, -0.15) is 0 Å². The molecule has 1 heteroatoms. The molecule has 0 saturated heterocycles. The number of halogens is 1. The van der Waals surface area contributed by atoms with Gasteiger partial charge >= 0.3 is 0 Å². The molecule has 0 saturated carbocycles. The first-order chi connectivity index (χ1) is 7.09. The summed E-state index contributed by atoms with van der Waals surface area (Å²) in [4.78, 5) is 0. The van der Waals surface area contributed by atoms with Crippen molar-refractivity contribution < 1.29 is 0 Å². The molecule has 15 heavy (non-hydrogen) atoms. The van der Waals surface area contributed by atoms with Crippen LogP contribution in [0.4, 0.5) is 0 Å². The summed E-state index contributed by atoms with van der Waals surface area (Å²) in [5.41, 5.74) is 3.19. The first-order valence-electron chi connectivity index (χ1n) is 5.88. The van der Waals surface area contributed by atoms with Crippen molar-refractivity contribution in [2.45, 2.75) is 39.5 Å². The minimum Gasteiger partial charge on any atom is -0.0625 e. The molecule has 0 spiro atoms. The first-order valence-corrected chi connectivity index (χ1v) is 6.95. The van der Waals surface area contributed by atoms with E-state index in [0.717, 1.165) is 17.8 Å². The molecule has 0 bridgehead atoms. The van der Waals surface area contributed by atoms with Crippen LogP contribution < -0.4 is 0 Å². The highest BCUT2D eigenvalue weighted by Gasteiger charge is 2.27. The summed E-state index contributed by atoms with van der Waals surface area (Å²) in [5, 5.41) is 0. The highest BCUT2D eigenvalue weighted by Crippen LogP contribution is 2.40. The normalized spacial score (nSPS) is 25.4. The number of hydrogen-bond acceptors (Lipinski definition) is 0. The van der Waals surface area contributed by atoms with Crippen LogP contribution in [-0.4, -0.2) is 0 Å². The quantitative estimate of drug-likeness (QED) is 0.664. The molecule has 1 aromatic rings. The molecule has 0 N–H and O–H groups in total. The van der Waals surface area contributed by atoms with Gasteiger partial charge in [0.15, 0.2) is 0 Å². The Balaban J connectivity index is 2.34. The van der Waals surface area contributed by atoms with Crippen molar-refractivity contribution in [3.05, 3.63) is 32.9 Å². The molecule has 0 heterocycles. The van der Waals surface area contributed by atoms with E-state index in [9.17, 15) is 0 Å². The second-order valence-corrected chi connectivity index (χ2v) is 6.32. The highest BCUT2D eigenvalue weighted by atomic mass is 127. The van der Waals surface area contributed by atoms with Gasteiger partial charge < -0.3 is 0 Å². The van der Waals surface area contributed by atoms with E-state index in [2.05, 4.69) is 61.6 Å². The van der Waals surface area contributed by atoms with Crippen LogP contribution in [0.2, 0.25) is 0 Å². The van der Waals surface area contributed by atoms with Crippen LogP contribution in [0.1, 0.15) is 44.2 Å². The predicted octanol–water partition coefficient (Wildman–Crippen LogP) is 4.61. The third-order valence-electron chi connectivity index (χ3n) is 3.84. The Labute approximate surface area is 107 Å². The molecule has 1 aromatic carbocycles. The van der Waals surface area contributed by atoms with Crippen LogP contribution in [0, 0.1) is 15.4 Å². The molecular formula is C14H19I. The summed E-state index contributed by atoms with van der Waals surface area (Å²) in [5.74, 6) is 2.43. The van der Waals surface area contributed by atoms with E-state index >= 15 is 0 Å². The van der Waals surface area contributed by atoms with E-state index in [1.165, 1.54) is 16.4 Å². The van der Waals surface area contributed by atoms with Gasteiger partial charge in [-0.05, 0) is 76.4 Å². The molecule has 2 atom stereocenters. The van der Waals surface area contributed by atoms with Crippen LogP contribution >= 0.6 is 22.6 Å². The summed E-state index contributed by atoms with van der Waals surface area (Å²) < 4.78 is 1.38. The molecule has 0 radical (unpaired) electrons. The lowest BCUT2D eigenvalue weighted by molar-refractivity contribution is 0.295. The van der Waals surface area contributed by atoms with Gasteiger partial charge in [0.1, 0.15) is 0 Å². The molecule has 1 aliphatic carbocycles. The van der Waals surface area contributed by atoms with Gasteiger partial charge in [0, 0.05) is 3.57 Å². The van der Waals surface area contributed by atoms with E-state index in [0.29, 0.717) is 0 Å². The smallest absolute Gasteiger partial charge is 0.0133 e. The molecule has 0 amide bonds. The van der Waals surface area contributed by atoms with Crippen LogP contribution in [0.5, 0.6) is 0 Å². The summed E-state index contributed by atoms with van der Waals surface area (Å²) >= 11 is 2.41. The Kier molecular flexibility index (Phi) is 3.39. The van der Waals surface area contributed by atoms with Gasteiger partial charge in [0.2, 0.25) is 0 Å². The Morgan fingerprint density at radius 1 is 1.33 bits per heavy atom. The maximum absolute atomic E-state index is 2.41. The minimum atomic E-state index is 0.741. The number of rotatable bonds is 1. The third kappa shape index (κ3) is 2.22. The van der Waals surface area contributed by atoms with E-state index in [1.54, 1.807) is 11.1 Å². The molecule has 0 aliphatic heterocycles. The largest absolute Gasteiger partial charge is 0.0625 e. The number of fused-ring (bicyclic) bond motifs is 1. The Bertz CT molecular complexity index is 354. The van der Waals surface area contributed by atoms with E-state index in [-0.39, 0.29) is 0 Å². The molecule has 0 aromatic heterocycles. The third-order valence-corrected chi connectivity index (χ3v) is 4.51. The maximum atomic E-state index is 2.41. The molecular weight excluding hydrogens is 295 g/mol. The van der Waals surface area contributed by atoms with Gasteiger partial charge in [0.05, 0.1) is 0 Å². The van der Waals surface area contributed by atoms with Crippen LogP contribution in [0.15, 0.2) is 18.2 Å². The molecule has 0 nitrogen and oxygen atoms in total. The second kappa shape index (κ2) is 4.44. The summed E-state index contributed by atoms with van der Waals surface area (Å²) in [6.07, 6.45) is 2.64. The van der Waals surface area contributed by atoms with E-state index < -0.39 is 0 Å². The lowest BCUT2D eigenvalue weighted by Gasteiger charge is -2.34. The van der Waals surface area contributed by atoms with Gasteiger partial charge in [-0.1, -0.05) is 26.8 Å². The lowest BCUT2D eigenvalue weighted by atomic mass is 9.71. The Morgan fingerprint density at radius 3 is 2.73 bits per heavy atom. The Hall–Kier alpha value is -0.0500. The van der Waals surface area contributed by atoms with Crippen molar-refractivity contribution in [2.75, 3.05) is 0 Å². The van der Waals surface area contributed by atoms with Crippen molar-refractivity contribution >= 4 is 22.6 Å². The van der Waals surface area contributed by atoms with Gasteiger partial charge in [0.25, 0.3) is 0 Å². The fraction of sp³-hybridized carbons (Fsp3) is 0.571. The number of hydrogen-bond donors (Lipinski definition) is 0. The fourth-order valence-corrected chi connectivity index (χ4v) is 3.50. The summed E-state index contributed by atoms with van der Waals surface area (Å²) in [7, 11) is 0. The van der Waals surface area contributed by atoms with Crippen LogP contribution in [0.3, 0.4) is 0 Å². The van der Waals surface area contributed by atoms with Crippen molar-refractivity contribution in [3.8, 4) is 0 Å². The summed E-state index contributed by atoms with van der Waals surface area (Å²) in [6.45, 7) is 7.12. The average Bonchev–Trinajstić information content (AvgIpc) is 2.17. The number of benzene rings is 1. The molecule has 0 fully saturated rings. The van der Waals surface area contributed by atoms with E-state index in [4.69, 9.17) is 0 Å². The first kappa shape index (κ1) is 11.4. The van der Waals surface area contributed by atoms with Crippen molar-refractivity contribution in [3.63, 3.8) is 0 Å². The monoisotopic (exact) mass is 314 g/mol. The maximum Gasteiger partial charge on any atom is 0.0133 e. The minimum absolute atomic E-state index is 0.741. The zero-order chi connectivity index (χ0) is 11.0. The van der Waals surface area contributed by atoms with Crippen molar-refractivity contribution in [1.82, 2.24) is 0 Å². The molecule has 2 unspecified atom stereocenters. The lowest BCUT2D eigenvalue weighted by Crippen LogP contribution is -2.23. The zero-order valence-electron chi connectivity index (χ0n) is 9.76. The van der Waals surface area contributed by atoms with Crippen molar-refractivity contribution in [2.24, 2.45) is 11.8 Å². The standard InChI is InChI=1S/C14H19I/c1-9(2)13-6-4-11-8-12(15)5-7-14(11)10(13)3/h5,7-10,13H,4,6H2,1-3H3. The van der Waals surface area contributed by atoms with Crippen LogP contribution in [-0.2, 0) is 6.42 Å². The predicted molar refractivity (Wildman–Crippen MR) is 74.2 cm³/mol.